The van der Waals surface area contributed by atoms with Crippen LogP contribution in [0.25, 0.3) is 0 Å². The Hall–Kier alpha value is -1.62. The van der Waals surface area contributed by atoms with Crippen LogP contribution in [-0.4, -0.2) is 28.1 Å². The average Bonchev–Trinajstić information content (AvgIpc) is 2.42. The fourth-order valence-corrected chi connectivity index (χ4v) is 2.59. The van der Waals surface area contributed by atoms with Crippen LogP contribution in [0.1, 0.15) is 43.0 Å². The van der Waals surface area contributed by atoms with Gasteiger partial charge < -0.3 is 16.2 Å². The van der Waals surface area contributed by atoms with E-state index in [0.717, 1.165) is 25.7 Å². The molecule has 0 saturated heterocycles. The summed E-state index contributed by atoms with van der Waals surface area (Å²) in [5.41, 5.74) is 5.33. The molecular formula is C14H21N3O2. The maximum atomic E-state index is 11.4. The number of nitrogens with one attached hydrogen (secondary N) is 1. The van der Waals surface area contributed by atoms with Crippen LogP contribution < -0.4 is 11.1 Å². The van der Waals surface area contributed by atoms with Gasteiger partial charge in [-0.1, -0.05) is 6.92 Å². The van der Waals surface area contributed by atoms with E-state index in [1.54, 1.807) is 18.3 Å². The molecule has 1 amide bonds. The molecule has 1 aliphatic carbocycles. The molecular weight excluding hydrogens is 242 g/mol. The minimum atomic E-state index is -0.507. The van der Waals surface area contributed by atoms with Gasteiger partial charge in [0.15, 0.2) is 0 Å². The maximum Gasteiger partial charge on any atom is 0.252 e. The summed E-state index contributed by atoms with van der Waals surface area (Å²) in [4.78, 5) is 15.6. The number of nitrogens with zero attached hydrogens (tertiary/aromatic N) is 1. The van der Waals surface area contributed by atoms with Gasteiger partial charge in [0.2, 0.25) is 0 Å². The van der Waals surface area contributed by atoms with Crippen LogP contribution in [0.2, 0.25) is 0 Å². The number of primary amides is 1. The molecule has 5 nitrogen and oxygen atoms in total. The van der Waals surface area contributed by atoms with Crippen LogP contribution >= 0.6 is 0 Å². The lowest BCUT2D eigenvalue weighted by Crippen LogP contribution is -2.45. The van der Waals surface area contributed by atoms with Gasteiger partial charge in [0.1, 0.15) is 5.82 Å². The summed E-state index contributed by atoms with van der Waals surface area (Å²) in [6, 6.07) is 3.33. The number of pyridine rings is 1. The minimum Gasteiger partial charge on any atom is -0.394 e. The fourth-order valence-electron chi connectivity index (χ4n) is 2.59. The van der Waals surface area contributed by atoms with Crippen molar-refractivity contribution in [3.63, 3.8) is 0 Å². The van der Waals surface area contributed by atoms with Crippen molar-refractivity contribution >= 4 is 11.7 Å². The first-order valence-corrected chi connectivity index (χ1v) is 6.70. The Morgan fingerprint density at radius 2 is 2.26 bits per heavy atom. The van der Waals surface area contributed by atoms with E-state index < -0.39 is 5.91 Å². The van der Waals surface area contributed by atoms with Crippen LogP contribution in [0.5, 0.6) is 0 Å². The lowest BCUT2D eigenvalue weighted by atomic mass is 9.77. The highest BCUT2D eigenvalue weighted by Crippen LogP contribution is 2.34. The van der Waals surface area contributed by atoms with Gasteiger partial charge in [-0.15, -0.1) is 0 Å². The third-order valence-electron chi connectivity index (χ3n) is 3.99. The molecule has 1 aliphatic rings. The molecule has 1 aromatic heterocycles. The molecule has 1 heterocycles. The molecule has 0 aromatic carbocycles. The topological polar surface area (TPSA) is 88.2 Å². The largest absolute Gasteiger partial charge is 0.394 e. The monoisotopic (exact) mass is 263 g/mol. The number of rotatable bonds is 4. The molecule has 4 N–H and O–H groups in total. The summed E-state index contributed by atoms with van der Waals surface area (Å²) in [6.07, 6.45) is 5.49. The molecule has 0 radical (unpaired) electrons. The summed E-state index contributed by atoms with van der Waals surface area (Å²) >= 11 is 0. The van der Waals surface area contributed by atoms with Gasteiger partial charge in [-0.3, -0.25) is 4.79 Å². The van der Waals surface area contributed by atoms with Crippen molar-refractivity contribution < 1.29 is 9.90 Å². The molecule has 0 spiro atoms. The fraction of sp³-hybridized carbons (Fsp3) is 0.571. The molecule has 0 aliphatic heterocycles. The molecule has 104 valence electrons. The van der Waals surface area contributed by atoms with Crippen molar-refractivity contribution in [3.05, 3.63) is 23.9 Å². The van der Waals surface area contributed by atoms with Gasteiger partial charge in [-0.05, 0) is 43.7 Å². The third kappa shape index (κ3) is 3.04. The van der Waals surface area contributed by atoms with E-state index in [-0.39, 0.29) is 12.1 Å². The van der Waals surface area contributed by atoms with Gasteiger partial charge in [-0.2, -0.15) is 0 Å². The molecule has 0 atom stereocenters. The van der Waals surface area contributed by atoms with E-state index in [1.807, 2.05) is 0 Å². The summed E-state index contributed by atoms with van der Waals surface area (Å²) in [6.45, 7) is 2.26. The predicted octanol–water partition coefficient (Wildman–Crippen LogP) is 1.53. The van der Waals surface area contributed by atoms with Crippen molar-refractivity contribution in [1.29, 1.82) is 0 Å². The van der Waals surface area contributed by atoms with Crippen molar-refractivity contribution in [2.45, 2.75) is 38.1 Å². The van der Waals surface area contributed by atoms with E-state index in [1.165, 1.54) is 0 Å². The molecule has 0 bridgehead atoms. The Morgan fingerprint density at radius 3 is 2.84 bits per heavy atom. The Morgan fingerprint density at radius 1 is 1.58 bits per heavy atom. The second-order valence-electron chi connectivity index (χ2n) is 5.51. The molecule has 19 heavy (non-hydrogen) atoms. The molecule has 5 heteroatoms. The number of aromatic nitrogens is 1. The van der Waals surface area contributed by atoms with Gasteiger partial charge >= 0.3 is 0 Å². The van der Waals surface area contributed by atoms with E-state index in [0.29, 0.717) is 17.3 Å². The Bertz CT molecular complexity index is 454. The molecule has 1 fully saturated rings. The number of hydrogen-bond donors (Lipinski definition) is 3. The molecule has 1 aromatic rings. The first kappa shape index (κ1) is 13.8. The normalized spacial score (nSPS) is 26.9. The zero-order valence-electron chi connectivity index (χ0n) is 11.2. The maximum absolute atomic E-state index is 11.4. The molecule has 0 unspecified atom stereocenters. The van der Waals surface area contributed by atoms with Crippen molar-refractivity contribution in [1.82, 2.24) is 4.98 Å². The Kier molecular flexibility index (Phi) is 4.04. The van der Waals surface area contributed by atoms with Crippen LogP contribution in [0.3, 0.4) is 0 Å². The third-order valence-corrected chi connectivity index (χ3v) is 3.99. The van der Waals surface area contributed by atoms with Gasteiger partial charge in [0.05, 0.1) is 17.7 Å². The van der Waals surface area contributed by atoms with E-state index >= 15 is 0 Å². The lowest BCUT2D eigenvalue weighted by Gasteiger charge is -2.39. The molecule has 2 rings (SSSR count). The first-order chi connectivity index (χ1) is 9.06. The second kappa shape index (κ2) is 5.57. The average molecular weight is 263 g/mol. The highest BCUT2D eigenvalue weighted by Gasteiger charge is 2.34. The molecule has 1 saturated carbocycles. The zero-order valence-corrected chi connectivity index (χ0v) is 11.2. The highest BCUT2D eigenvalue weighted by atomic mass is 16.3. The Labute approximate surface area is 113 Å². The smallest absolute Gasteiger partial charge is 0.252 e. The van der Waals surface area contributed by atoms with Gasteiger partial charge in [0.25, 0.3) is 5.91 Å². The number of carbonyl (C=O) groups is 1. The number of aliphatic hydroxyl groups excluding tert-OH is 1. The number of hydrogen-bond acceptors (Lipinski definition) is 4. The van der Waals surface area contributed by atoms with Crippen LogP contribution in [0, 0.1) is 5.92 Å². The SMILES string of the molecule is CC1CCC(CO)(Nc2ncccc2C(N)=O)CC1. The zero-order chi connectivity index (χ0) is 13.9. The van der Waals surface area contributed by atoms with Crippen molar-refractivity contribution in [2.75, 3.05) is 11.9 Å². The number of carbonyl (C=O) groups excluding carboxylic acids is 1. The van der Waals surface area contributed by atoms with E-state index in [9.17, 15) is 9.90 Å². The summed E-state index contributed by atoms with van der Waals surface area (Å²) < 4.78 is 0. The predicted molar refractivity (Wildman–Crippen MR) is 73.8 cm³/mol. The van der Waals surface area contributed by atoms with Crippen molar-refractivity contribution in [3.8, 4) is 0 Å². The number of anilines is 1. The quantitative estimate of drug-likeness (QED) is 0.768. The Balaban J connectivity index is 2.21. The standard InChI is InChI=1S/C14H21N3O2/c1-10-4-6-14(9-18,7-5-10)17-13-11(12(15)19)3-2-8-16-13/h2-3,8,10,18H,4-7,9H2,1H3,(H2,15,19)(H,16,17). The van der Waals surface area contributed by atoms with Crippen molar-refractivity contribution in [2.24, 2.45) is 11.7 Å². The van der Waals surface area contributed by atoms with Crippen LogP contribution in [-0.2, 0) is 0 Å². The number of nitrogens with two attached hydrogens (primary N) is 1. The van der Waals surface area contributed by atoms with Crippen LogP contribution in [0.4, 0.5) is 5.82 Å². The summed E-state index contributed by atoms with van der Waals surface area (Å²) in [7, 11) is 0. The lowest BCUT2D eigenvalue weighted by molar-refractivity contribution is 0.1000. The second-order valence-corrected chi connectivity index (χ2v) is 5.51. The van der Waals surface area contributed by atoms with E-state index in [2.05, 4.69) is 17.2 Å². The van der Waals surface area contributed by atoms with Gasteiger partial charge in [0, 0.05) is 6.20 Å². The number of amides is 1. The van der Waals surface area contributed by atoms with Gasteiger partial charge in [-0.25, -0.2) is 4.98 Å². The summed E-state index contributed by atoms with van der Waals surface area (Å²) in [5, 5.41) is 13.0. The highest BCUT2D eigenvalue weighted by molar-refractivity contribution is 5.97. The van der Waals surface area contributed by atoms with E-state index in [4.69, 9.17) is 5.73 Å². The minimum absolute atomic E-state index is 0.0362. The van der Waals surface area contributed by atoms with Crippen LogP contribution in [0.15, 0.2) is 18.3 Å². The number of aliphatic hydroxyl groups is 1. The summed E-state index contributed by atoms with van der Waals surface area (Å²) in [5.74, 6) is 0.646. The first-order valence-electron chi connectivity index (χ1n) is 6.70.